The molecular formula is C23H30N2O. The van der Waals surface area contributed by atoms with Crippen molar-refractivity contribution in [1.82, 2.24) is 9.38 Å². The largest absolute Gasteiger partial charge is 0.475 e. The Morgan fingerprint density at radius 3 is 2.08 bits per heavy atom. The predicted molar refractivity (Wildman–Crippen MR) is 109 cm³/mol. The van der Waals surface area contributed by atoms with Crippen LogP contribution < -0.4 is 4.74 Å². The third-order valence-electron chi connectivity index (χ3n) is 5.13. The molecule has 0 aliphatic carbocycles. The smallest absolute Gasteiger partial charge is 0.209 e. The lowest BCUT2D eigenvalue weighted by Gasteiger charge is -2.23. The van der Waals surface area contributed by atoms with Crippen LogP contribution in [0.1, 0.15) is 54.6 Å². The molecule has 0 radical (unpaired) electrons. The molecule has 2 aromatic heterocycles. The summed E-state index contributed by atoms with van der Waals surface area (Å²) in [7, 11) is 0. The van der Waals surface area contributed by atoms with E-state index in [-0.39, 0.29) is 6.10 Å². The lowest BCUT2D eigenvalue weighted by molar-refractivity contribution is 0.183. The fourth-order valence-corrected chi connectivity index (χ4v) is 3.92. The summed E-state index contributed by atoms with van der Waals surface area (Å²) in [5.41, 5.74) is 9.36. The van der Waals surface area contributed by atoms with Gasteiger partial charge >= 0.3 is 0 Å². The van der Waals surface area contributed by atoms with Crippen LogP contribution >= 0.6 is 0 Å². The predicted octanol–water partition coefficient (Wildman–Crippen LogP) is 6.11. The molecular weight excluding hydrogens is 320 g/mol. The molecule has 0 saturated carbocycles. The number of hydrogen-bond donors (Lipinski definition) is 0. The minimum Gasteiger partial charge on any atom is -0.475 e. The van der Waals surface area contributed by atoms with Crippen molar-refractivity contribution in [2.75, 3.05) is 0 Å². The van der Waals surface area contributed by atoms with E-state index in [2.05, 4.69) is 77.3 Å². The zero-order chi connectivity index (χ0) is 19.0. The monoisotopic (exact) mass is 350 g/mol. The van der Waals surface area contributed by atoms with Crippen molar-refractivity contribution in [3.8, 4) is 17.0 Å². The van der Waals surface area contributed by atoms with Crippen LogP contribution in [0.2, 0.25) is 0 Å². The molecule has 3 heteroatoms. The van der Waals surface area contributed by atoms with Crippen molar-refractivity contribution in [3.63, 3.8) is 0 Å². The van der Waals surface area contributed by atoms with E-state index < -0.39 is 0 Å². The summed E-state index contributed by atoms with van der Waals surface area (Å²) in [6.45, 7) is 15.1. The second kappa shape index (κ2) is 7.14. The summed E-state index contributed by atoms with van der Waals surface area (Å²) >= 11 is 0. The van der Waals surface area contributed by atoms with Crippen molar-refractivity contribution in [2.24, 2.45) is 0 Å². The summed E-state index contributed by atoms with van der Waals surface area (Å²) in [6, 6.07) is 6.60. The first-order chi connectivity index (χ1) is 12.3. The summed E-state index contributed by atoms with van der Waals surface area (Å²) < 4.78 is 8.69. The van der Waals surface area contributed by atoms with Crippen LogP contribution in [-0.2, 0) is 0 Å². The first kappa shape index (κ1) is 18.5. The topological polar surface area (TPSA) is 26.5 Å². The van der Waals surface area contributed by atoms with Crippen molar-refractivity contribution in [2.45, 2.75) is 67.4 Å². The molecule has 0 aliphatic rings. The molecule has 138 valence electrons. The number of nitrogens with zero attached hydrogens (tertiary/aromatic N) is 2. The molecule has 0 fully saturated rings. The number of rotatable bonds is 5. The molecule has 0 amide bonds. The van der Waals surface area contributed by atoms with Gasteiger partial charge in [0.25, 0.3) is 0 Å². The number of ether oxygens (including phenoxy) is 1. The highest BCUT2D eigenvalue weighted by Gasteiger charge is 2.21. The van der Waals surface area contributed by atoms with E-state index >= 15 is 0 Å². The zero-order valence-corrected chi connectivity index (χ0v) is 17.1. The highest BCUT2D eigenvalue weighted by molar-refractivity contribution is 5.78. The Morgan fingerprint density at radius 2 is 1.50 bits per heavy atom. The maximum absolute atomic E-state index is 6.57. The van der Waals surface area contributed by atoms with Gasteiger partial charge in [0.05, 0.1) is 17.4 Å². The van der Waals surface area contributed by atoms with Crippen LogP contribution in [0.5, 0.6) is 5.88 Å². The molecule has 3 nitrogen and oxygen atoms in total. The number of aromatic nitrogens is 2. The summed E-state index contributed by atoms with van der Waals surface area (Å²) in [6.07, 6.45) is 4.31. The molecule has 2 heterocycles. The minimum absolute atomic E-state index is 0.201. The summed E-state index contributed by atoms with van der Waals surface area (Å²) in [5.74, 6) is 0.921. The normalized spacial score (nSPS) is 11.5. The fraction of sp³-hybridized carbons (Fsp3) is 0.435. The maximum Gasteiger partial charge on any atom is 0.209 e. The van der Waals surface area contributed by atoms with Gasteiger partial charge in [-0.1, -0.05) is 31.5 Å². The third-order valence-corrected chi connectivity index (χ3v) is 5.13. The molecule has 0 unspecified atom stereocenters. The summed E-state index contributed by atoms with van der Waals surface area (Å²) in [4.78, 5) is 4.88. The standard InChI is InChI=1S/C23H30N2O/c1-8-19(9-2)26-23-22(21-16(5)10-14(3)11-17(21)6)18(7)24-20-12-15(4)13-25(20)23/h10-13,19H,8-9H2,1-7H3. The second-order valence-corrected chi connectivity index (χ2v) is 7.45. The average molecular weight is 351 g/mol. The van der Waals surface area contributed by atoms with Gasteiger partial charge in [0.1, 0.15) is 5.65 Å². The highest BCUT2D eigenvalue weighted by Crippen LogP contribution is 2.39. The van der Waals surface area contributed by atoms with Crippen LogP contribution in [0.15, 0.2) is 24.4 Å². The average Bonchev–Trinajstić information content (AvgIpc) is 2.93. The first-order valence-corrected chi connectivity index (χ1v) is 9.59. The Kier molecular flexibility index (Phi) is 5.08. The van der Waals surface area contributed by atoms with Gasteiger partial charge < -0.3 is 4.74 Å². The van der Waals surface area contributed by atoms with Gasteiger partial charge in [-0.05, 0) is 75.8 Å². The molecule has 0 aliphatic heterocycles. The minimum atomic E-state index is 0.201. The number of benzene rings is 1. The lowest BCUT2D eigenvalue weighted by atomic mass is 9.93. The van der Waals surface area contributed by atoms with Crippen LogP contribution in [-0.4, -0.2) is 15.5 Å². The molecule has 0 spiro atoms. The van der Waals surface area contributed by atoms with E-state index in [1.807, 2.05) is 0 Å². The molecule has 0 saturated heterocycles. The van der Waals surface area contributed by atoms with Crippen LogP contribution in [0.25, 0.3) is 16.8 Å². The zero-order valence-electron chi connectivity index (χ0n) is 17.1. The molecule has 0 bridgehead atoms. The van der Waals surface area contributed by atoms with Gasteiger partial charge in [-0.3, -0.25) is 4.40 Å². The Morgan fingerprint density at radius 1 is 0.885 bits per heavy atom. The fourth-order valence-electron chi connectivity index (χ4n) is 3.92. The molecule has 1 aromatic carbocycles. The molecule has 0 N–H and O–H groups in total. The van der Waals surface area contributed by atoms with Crippen LogP contribution in [0.3, 0.4) is 0 Å². The molecule has 3 aromatic rings. The van der Waals surface area contributed by atoms with E-state index in [0.717, 1.165) is 35.6 Å². The maximum atomic E-state index is 6.57. The van der Waals surface area contributed by atoms with E-state index in [0.29, 0.717) is 0 Å². The van der Waals surface area contributed by atoms with Crippen molar-refractivity contribution < 1.29 is 4.74 Å². The van der Waals surface area contributed by atoms with Crippen molar-refractivity contribution in [3.05, 3.63) is 52.3 Å². The Balaban J connectivity index is 2.35. The summed E-state index contributed by atoms with van der Waals surface area (Å²) in [5, 5.41) is 0. The third kappa shape index (κ3) is 3.23. The van der Waals surface area contributed by atoms with Crippen LogP contribution in [0, 0.1) is 34.6 Å². The quantitative estimate of drug-likeness (QED) is 0.555. The van der Waals surface area contributed by atoms with E-state index in [4.69, 9.17) is 9.72 Å². The Hall–Kier alpha value is -2.29. The van der Waals surface area contributed by atoms with Gasteiger partial charge in [0.2, 0.25) is 5.88 Å². The molecule has 0 atom stereocenters. The van der Waals surface area contributed by atoms with Crippen LogP contribution in [0.4, 0.5) is 0 Å². The lowest BCUT2D eigenvalue weighted by Crippen LogP contribution is -2.17. The van der Waals surface area contributed by atoms with E-state index in [1.165, 1.54) is 27.8 Å². The van der Waals surface area contributed by atoms with Gasteiger partial charge in [0, 0.05) is 6.20 Å². The van der Waals surface area contributed by atoms with Crippen molar-refractivity contribution >= 4 is 5.65 Å². The number of aryl methyl sites for hydroxylation is 5. The second-order valence-electron chi connectivity index (χ2n) is 7.45. The van der Waals surface area contributed by atoms with Gasteiger partial charge in [0.15, 0.2) is 0 Å². The van der Waals surface area contributed by atoms with E-state index in [1.54, 1.807) is 0 Å². The van der Waals surface area contributed by atoms with Crippen molar-refractivity contribution in [1.29, 1.82) is 0 Å². The molecule has 26 heavy (non-hydrogen) atoms. The number of fused-ring (bicyclic) bond motifs is 1. The highest BCUT2D eigenvalue weighted by atomic mass is 16.5. The van der Waals surface area contributed by atoms with E-state index in [9.17, 15) is 0 Å². The Bertz CT molecular complexity index is 925. The van der Waals surface area contributed by atoms with Gasteiger partial charge in [-0.2, -0.15) is 0 Å². The Labute approximate surface area is 157 Å². The van der Waals surface area contributed by atoms with Gasteiger partial charge in [-0.25, -0.2) is 4.98 Å². The SMILES string of the molecule is CCC(CC)Oc1c(-c2c(C)cc(C)cc2C)c(C)nc2cc(C)cn12. The molecule has 3 rings (SSSR count). The number of hydrogen-bond acceptors (Lipinski definition) is 2. The first-order valence-electron chi connectivity index (χ1n) is 9.59. The van der Waals surface area contributed by atoms with Gasteiger partial charge in [-0.15, -0.1) is 0 Å².